The zero-order valence-corrected chi connectivity index (χ0v) is 13.3. The van der Waals surface area contributed by atoms with Crippen LogP contribution in [0, 0.1) is 6.92 Å². The second-order valence-corrected chi connectivity index (χ2v) is 5.55. The van der Waals surface area contributed by atoms with Gasteiger partial charge in [-0.05, 0) is 37.1 Å². The van der Waals surface area contributed by atoms with Gasteiger partial charge in [0.25, 0.3) is 5.91 Å². The first kappa shape index (κ1) is 15.3. The van der Waals surface area contributed by atoms with Gasteiger partial charge in [-0.2, -0.15) is 10.2 Å². The number of para-hydroxylation sites is 1. The second kappa shape index (κ2) is 6.66. The van der Waals surface area contributed by atoms with E-state index in [2.05, 4.69) is 20.6 Å². The molecule has 1 amide bonds. The zero-order valence-electron chi connectivity index (χ0n) is 12.6. The SMILES string of the molecule is Cc1cc(C(=O)NCCc2cn[nH]c2)nn1-c1ccccc1Cl. The molecule has 0 unspecified atom stereocenters. The Morgan fingerprint density at radius 1 is 1.39 bits per heavy atom. The van der Waals surface area contributed by atoms with Gasteiger partial charge >= 0.3 is 0 Å². The van der Waals surface area contributed by atoms with Gasteiger partial charge < -0.3 is 5.32 Å². The lowest BCUT2D eigenvalue weighted by molar-refractivity contribution is 0.0948. The molecule has 0 aliphatic carbocycles. The number of halogens is 1. The van der Waals surface area contributed by atoms with Crippen molar-refractivity contribution in [1.29, 1.82) is 0 Å². The van der Waals surface area contributed by atoms with E-state index in [1.165, 1.54) is 0 Å². The van der Waals surface area contributed by atoms with Gasteiger partial charge in [0.2, 0.25) is 0 Å². The summed E-state index contributed by atoms with van der Waals surface area (Å²) in [5.41, 5.74) is 3.01. The fraction of sp³-hybridized carbons (Fsp3) is 0.188. The lowest BCUT2D eigenvalue weighted by Crippen LogP contribution is -2.26. The zero-order chi connectivity index (χ0) is 16.2. The van der Waals surface area contributed by atoms with E-state index in [1.54, 1.807) is 23.0 Å². The third-order valence-electron chi connectivity index (χ3n) is 3.45. The number of nitrogens with zero attached hydrogens (tertiary/aromatic N) is 3. The van der Waals surface area contributed by atoms with E-state index in [0.29, 0.717) is 23.7 Å². The van der Waals surface area contributed by atoms with Gasteiger partial charge in [0.05, 0.1) is 16.9 Å². The Hall–Kier alpha value is -2.60. The van der Waals surface area contributed by atoms with Gasteiger partial charge in [0.1, 0.15) is 0 Å². The molecular weight excluding hydrogens is 314 g/mol. The maximum Gasteiger partial charge on any atom is 0.271 e. The number of hydrogen-bond donors (Lipinski definition) is 2. The van der Waals surface area contributed by atoms with E-state index in [9.17, 15) is 4.79 Å². The van der Waals surface area contributed by atoms with Gasteiger partial charge in [-0.1, -0.05) is 23.7 Å². The van der Waals surface area contributed by atoms with Crippen LogP contribution in [0.5, 0.6) is 0 Å². The highest BCUT2D eigenvalue weighted by molar-refractivity contribution is 6.32. The number of rotatable bonds is 5. The molecule has 0 radical (unpaired) electrons. The smallest absolute Gasteiger partial charge is 0.271 e. The molecule has 7 heteroatoms. The van der Waals surface area contributed by atoms with Crippen LogP contribution in [-0.2, 0) is 6.42 Å². The van der Waals surface area contributed by atoms with Gasteiger partial charge in [0, 0.05) is 18.4 Å². The minimum absolute atomic E-state index is 0.206. The first-order valence-corrected chi connectivity index (χ1v) is 7.60. The van der Waals surface area contributed by atoms with Crippen LogP contribution in [0.25, 0.3) is 5.69 Å². The predicted molar refractivity (Wildman–Crippen MR) is 87.9 cm³/mol. The summed E-state index contributed by atoms with van der Waals surface area (Å²) in [5, 5.41) is 14.4. The highest BCUT2D eigenvalue weighted by Gasteiger charge is 2.14. The van der Waals surface area contributed by atoms with Crippen LogP contribution in [-0.4, -0.2) is 32.4 Å². The van der Waals surface area contributed by atoms with E-state index in [0.717, 1.165) is 16.9 Å². The van der Waals surface area contributed by atoms with Crippen LogP contribution in [0.3, 0.4) is 0 Å². The molecule has 0 bridgehead atoms. The van der Waals surface area contributed by atoms with Crippen molar-refractivity contribution in [3.63, 3.8) is 0 Å². The quantitative estimate of drug-likeness (QED) is 0.755. The van der Waals surface area contributed by atoms with Crippen molar-refractivity contribution < 1.29 is 4.79 Å². The van der Waals surface area contributed by atoms with Crippen LogP contribution < -0.4 is 5.32 Å². The Morgan fingerprint density at radius 2 is 2.22 bits per heavy atom. The van der Waals surface area contributed by atoms with Crippen molar-refractivity contribution in [3.05, 3.63) is 64.7 Å². The van der Waals surface area contributed by atoms with Crippen LogP contribution in [0.1, 0.15) is 21.7 Å². The fourth-order valence-electron chi connectivity index (χ4n) is 2.28. The van der Waals surface area contributed by atoms with Crippen molar-refractivity contribution in [2.45, 2.75) is 13.3 Å². The molecule has 0 saturated heterocycles. The average molecular weight is 330 g/mol. The fourth-order valence-corrected chi connectivity index (χ4v) is 2.49. The predicted octanol–water partition coefficient (Wildman–Crippen LogP) is 2.53. The van der Waals surface area contributed by atoms with Gasteiger partial charge in [-0.3, -0.25) is 9.89 Å². The molecule has 2 N–H and O–H groups in total. The van der Waals surface area contributed by atoms with Crippen molar-refractivity contribution in [3.8, 4) is 5.69 Å². The average Bonchev–Trinajstić information content (AvgIpc) is 3.17. The maximum atomic E-state index is 12.2. The lowest BCUT2D eigenvalue weighted by atomic mass is 10.2. The minimum Gasteiger partial charge on any atom is -0.350 e. The third kappa shape index (κ3) is 3.43. The molecule has 118 valence electrons. The Balaban J connectivity index is 1.70. The molecule has 0 aliphatic rings. The van der Waals surface area contributed by atoms with Gasteiger partial charge in [0.15, 0.2) is 5.69 Å². The van der Waals surface area contributed by atoms with Crippen molar-refractivity contribution >= 4 is 17.5 Å². The van der Waals surface area contributed by atoms with E-state index in [4.69, 9.17) is 11.6 Å². The summed E-state index contributed by atoms with van der Waals surface area (Å²) in [5.74, 6) is -0.206. The highest BCUT2D eigenvalue weighted by Crippen LogP contribution is 2.21. The first-order chi connectivity index (χ1) is 11.1. The van der Waals surface area contributed by atoms with Gasteiger partial charge in [-0.15, -0.1) is 0 Å². The van der Waals surface area contributed by atoms with Crippen molar-refractivity contribution in [1.82, 2.24) is 25.3 Å². The molecule has 0 saturated carbocycles. The molecule has 1 aromatic carbocycles. The molecule has 0 spiro atoms. The van der Waals surface area contributed by atoms with E-state index in [-0.39, 0.29) is 5.91 Å². The summed E-state index contributed by atoms with van der Waals surface area (Å²) in [4.78, 5) is 12.2. The van der Waals surface area contributed by atoms with Crippen molar-refractivity contribution in [2.75, 3.05) is 6.54 Å². The standard InChI is InChI=1S/C16H16ClN5O/c1-11-8-14(16(23)18-7-6-12-9-19-20-10-12)21-22(11)15-5-3-2-4-13(15)17/h2-5,8-10H,6-7H2,1H3,(H,18,23)(H,19,20). The van der Waals surface area contributed by atoms with Crippen molar-refractivity contribution in [2.24, 2.45) is 0 Å². The number of nitrogens with one attached hydrogen (secondary N) is 2. The summed E-state index contributed by atoms with van der Waals surface area (Å²) < 4.78 is 1.67. The molecule has 23 heavy (non-hydrogen) atoms. The molecule has 0 aliphatic heterocycles. The minimum atomic E-state index is -0.206. The number of aryl methyl sites for hydroxylation is 1. The van der Waals surface area contributed by atoms with Gasteiger partial charge in [-0.25, -0.2) is 4.68 Å². The Labute approximate surface area is 138 Å². The number of carbonyl (C=O) groups excluding carboxylic acids is 1. The van der Waals surface area contributed by atoms with Crippen LogP contribution in [0.2, 0.25) is 5.02 Å². The summed E-state index contributed by atoms with van der Waals surface area (Å²) >= 11 is 6.19. The number of H-pyrrole nitrogens is 1. The largest absolute Gasteiger partial charge is 0.350 e. The topological polar surface area (TPSA) is 75.6 Å². The lowest BCUT2D eigenvalue weighted by Gasteiger charge is -2.06. The Bertz CT molecular complexity index is 810. The number of hydrogen-bond acceptors (Lipinski definition) is 3. The monoisotopic (exact) mass is 329 g/mol. The van der Waals surface area contributed by atoms with E-state index >= 15 is 0 Å². The Morgan fingerprint density at radius 3 is 2.96 bits per heavy atom. The summed E-state index contributed by atoms with van der Waals surface area (Å²) in [6, 6.07) is 9.14. The molecule has 0 atom stereocenters. The van der Waals surface area contributed by atoms with Crippen LogP contribution in [0.4, 0.5) is 0 Å². The number of amides is 1. The van der Waals surface area contributed by atoms with E-state index in [1.807, 2.05) is 31.3 Å². The van der Waals surface area contributed by atoms with Crippen LogP contribution >= 0.6 is 11.6 Å². The molecule has 3 aromatic rings. The summed E-state index contributed by atoms with van der Waals surface area (Å²) in [6.07, 6.45) is 4.26. The normalized spacial score (nSPS) is 10.7. The second-order valence-electron chi connectivity index (χ2n) is 5.15. The van der Waals surface area contributed by atoms with Crippen LogP contribution in [0.15, 0.2) is 42.7 Å². The molecule has 0 fully saturated rings. The molecule has 2 heterocycles. The Kier molecular flexibility index (Phi) is 4.43. The highest BCUT2D eigenvalue weighted by atomic mass is 35.5. The number of aromatic nitrogens is 4. The van der Waals surface area contributed by atoms with E-state index < -0.39 is 0 Å². The third-order valence-corrected chi connectivity index (χ3v) is 3.77. The summed E-state index contributed by atoms with van der Waals surface area (Å²) in [6.45, 7) is 2.41. The summed E-state index contributed by atoms with van der Waals surface area (Å²) in [7, 11) is 0. The molecular formula is C16H16ClN5O. The molecule has 6 nitrogen and oxygen atoms in total. The number of aromatic amines is 1. The number of carbonyl (C=O) groups is 1. The number of benzene rings is 1. The molecule has 3 rings (SSSR count). The maximum absolute atomic E-state index is 12.2. The first-order valence-electron chi connectivity index (χ1n) is 7.22. The molecule has 2 aromatic heterocycles.